The minimum Gasteiger partial charge on any atom is -0.380 e. The first-order valence-electron chi connectivity index (χ1n) is 7.07. The molecule has 2 aromatic heterocycles. The second kappa shape index (κ2) is 6.05. The van der Waals surface area contributed by atoms with Crippen LogP contribution in [0.2, 0.25) is 0 Å². The maximum atomic E-state index is 12.2. The molecule has 0 radical (unpaired) electrons. The minimum absolute atomic E-state index is 0.0584. The van der Waals surface area contributed by atoms with Crippen LogP contribution in [0.15, 0.2) is 35.4 Å². The molecular formula is C15H18N4O2. The number of hydrogen-bond acceptors (Lipinski definition) is 5. The van der Waals surface area contributed by atoms with E-state index in [4.69, 9.17) is 4.74 Å². The van der Waals surface area contributed by atoms with Crippen molar-refractivity contribution in [2.24, 2.45) is 7.05 Å². The Kier molecular flexibility index (Phi) is 3.96. The average Bonchev–Trinajstić information content (AvgIpc) is 2.80. The second-order valence-electron chi connectivity index (χ2n) is 5.03. The van der Waals surface area contributed by atoms with Crippen LogP contribution < -0.4 is 10.5 Å². The lowest BCUT2D eigenvalue weighted by molar-refractivity contribution is 0.152. The molecule has 1 saturated heterocycles. The number of ether oxygens (including phenoxy) is 1. The Bertz CT molecular complexity index is 661. The molecule has 21 heavy (non-hydrogen) atoms. The van der Waals surface area contributed by atoms with E-state index in [1.807, 2.05) is 12.1 Å². The van der Waals surface area contributed by atoms with Crippen molar-refractivity contribution in [3.05, 3.63) is 40.9 Å². The molecule has 0 amide bonds. The fraction of sp³-hybridized carbons (Fsp3) is 0.400. The first-order valence-corrected chi connectivity index (χ1v) is 7.07. The van der Waals surface area contributed by atoms with Gasteiger partial charge in [-0.25, -0.2) is 4.98 Å². The van der Waals surface area contributed by atoms with E-state index in [1.165, 1.54) is 0 Å². The Morgan fingerprint density at radius 3 is 2.81 bits per heavy atom. The molecule has 0 N–H and O–H groups in total. The molecule has 110 valence electrons. The molecule has 3 heterocycles. The summed E-state index contributed by atoms with van der Waals surface area (Å²) in [5, 5.41) is 0. The summed E-state index contributed by atoms with van der Waals surface area (Å²) in [4.78, 5) is 23.0. The smallest absolute Gasteiger partial charge is 0.255 e. The number of nitrogens with zero attached hydrogens (tertiary/aromatic N) is 4. The van der Waals surface area contributed by atoms with Gasteiger partial charge in [0.25, 0.3) is 5.56 Å². The summed E-state index contributed by atoms with van der Waals surface area (Å²) in [5.74, 6) is 0.694. The van der Waals surface area contributed by atoms with Crippen molar-refractivity contribution in [1.82, 2.24) is 14.5 Å². The minimum atomic E-state index is -0.0584. The lowest BCUT2D eigenvalue weighted by atomic mass is 10.2. The van der Waals surface area contributed by atoms with Crippen LogP contribution in [0.25, 0.3) is 11.3 Å². The maximum absolute atomic E-state index is 12.2. The van der Waals surface area contributed by atoms with E-state index in [1.54, 1.807) is 30.1 Å². The molecule has 2 aromatic rings. The van der Waals surface area contributed by atoms with Crippen molar-refractivity contribution in [3.8, 4) is 11.3 Å². The van der Waals surface area contributed by atoms with Gasteiger partial charge in [-0.15, -0.1) is 0 Å². The Morgan fingerprint density at radius 2 is 2.00 bits per heavy atom. The third-order valence-electron chi connectivity index (χ3n) is 3.59. The molecule has 1 aliphatic rings. The fourth-order valence-corrected chi connectivity index (χ4v) is 2.43. The van der Waals surface area contributed by atoms with Gasteiger partial charge in [0.15, 0.2) is 0 Å². The van der Waals surface area contributed by atoms with Crippen molar-refractivity contribution in [1.29, 1.82) is 0 Å². The highest BCUT2D eigenvalue weighted by molar-refractivity contribution is 5.59. The molecule has 0 aromatic carbocycles. The monoisotopic (exact) mass is 286 g/mol. The summed E-state index contributed by atoms with van der Waals surface area (Å²) in [5.41, 5.74) is 1.52. The average molecular weight is 286 g/mol. The van der Waals surface area contributed by atoms with Gasteiger partial charge in [-0.1, -0.05) is 0 Å². The lowest BCUT2D eigenvalue weighted by Gasteiger charge is -2.23. The molecule has 0 unspecified atom stereocenters. The van der Waals surface area contributed by atoms with E-state index in [9.17, 15) is 4.79 Å². The van der Waals surface area contributed by atoms with Crippen LogP contribution in [0, 0.1) is 0 Å². The molecule has 0 aliphatic carbocycles. The zero-order valence-corrected chi connectivity index (χ0v) is 12.0. The number of pyridine rings is 1. The molecule has 1 aliphatic heterocycles. The summed E-state index contributed by atoms with van der Waals surface area (Å²) in [6.45, 7) is 3.02. The standard InChI is InChI=1S/C15H18N4O2/c1-18-14(20)11-13(12-3-5-16-6-4-12)17-15(18)19-7-2-9-21-10-8-19/h3-6,11H,2,7-10H2,1H3. The van der Waals surface area contributed by atoms with Gasteiger partial charge in [0.1, 0.15) is 0 Å². The summed E-state index contributed by atoms with van der Waals surface area (Å²) in [7, 11) is 1.76. The largest absolute Gasteiger partial charge is 0.380 e. The molecule has 3 rings (SSSR count). The van der Waals surface area contributed by atoms with E-state index < -0.39 is 0 Å². The first-order chi connectivity index (χ1) is 10.3. The highest BCUT2D eigenvalue weighted by Crippen LogP contribution is 2.18. The summed E-state index contributed by atoms with van der Waals surface area (Å²) in [6, 6.07) is 5.28. The highest BCUT2D eigenvalue weighted by atomic mass is 16.5. The lowest BCUT2D eigenvalue weighted by Crippen LogP contribution is -2.33. The van der Waals surface area contributed by atoms with Gasteiger partial charge in [-0.2, -0.15) is 0 Å². The van der Waals surface area contributed by atoms with E-state index in [2.05, 4.69) is 14.9 Å². The normalized spacial score (nSPS) is 15.8. The zero-order chi connectivity index (χ0) is 14.7. The van der Waals surface area contributed by atoms with E-state index in [0.29, 0.717) is 18.2 Å². The van der Waals surface area contributed by atoms with Crippen LogP contribution in [-0.2, 0) is 11.8 Å². The predicted octanol–water partition coefficient (Wildman–Crippen LogP) is 1.07. The van der Waals surface area contributed by atoms with Crippen LogP contribution in [0.5, 0.6) is 0 Å². The Morgan fingerprint density at radius 1 is 1.19 bits per heavy atom. The summed E-state index contributed by atoms with van der Waals surface area (Å²) >= 11 is 0. The van der Waals surface area contributed by atoms with Crippen LogP contribution >= 0.6 is 0 Å². The van der Waals surface area contributed by atoms with Crippen molar-refractivity contribution in [3.63, 3.8) is 0 Å². The van der Waals surface area contributed by atoms with E-state index >= 15 is 0 Å². The Labute approximate surface area is 123 Å². The van der Waals surface area contributed by atoms with Gasteiger partial charge in [0.05, 0.1) is 12.3 Å². The molecule has 6 heteroatoms. The quantitative estimate of drug-likeness (QED) is 0.826. The predicted molar refractivity (Wildman–Crippen MR) is 80.4 cm³/mol. The Hall–Kier alpha value is -2.21. The van der Waals surface area contributed by atoms with Gasteiger partial charge >= 0.3 is 0 Å². The molecular weight excluding hydrogens is 268 g/mol. The number of hydrogen-bond donors (Lipinski definition) is 0. The summed E-state index contributed by atoms with van der Waals surface area (Å²) in [6.07, 6.45) is 4.34. The van der Waals surface area contributed by atoms with Crippen LogP contribution in [0.1, 0.15) is 6.42 Å². The first kappa shape index (κ1) is 13.8. The number of aromatic nitrogens is 3. The Balaban J connectivity index is 2.03. The number of rotatable bonds is 2. The van der Waals surface area contributed by atoms with Crippen LogP contribution in [0.3, 0.4) is 0 Å². The third kappa shape index (κ3) is 2.95. The molecule has 0 spiro atoms. The van der Waals surface area contributed by atoms with Crippen molar-refractivity contribution in [2.75, 3.05) is 31.2 Å². The SMILES string of the molecule is Cn1c(N2CCCOCC2)nc(-c2ccncc2)cc1=O. The molecule has 0 atom stereocenters. The second-order valence-corrected chi connectivity index (χ2v) is 5.03. The van der Waals surface area contributed by atoms with Crippen molar-refractivity contribution >= 4 is 5.95 Å². The highest BCUT2D eigenvalue weighted by Gasteiger charge is 2.16. The third-order valence-corrected chi connectivity index (χ3v) is 3.59. The van der Waals surface area contributed by atoms with Gasteiger partial charge in [0.2, 0.25) is 5.95 Å². The number of anilines is 1. The zero-order valence-electron chi connectivity index (χ0n) is 12.0. The maximum Gasteiger partial charge on any atom is 0.255 e. The fourth-order valence-electron chi connectivity index (χ4n) is 2.43. The molecule has 1 fully saturated rings. The van der Waals surface area contributed by atoms with Gasteiger partial charge in [-0.05, 0) is 18.6 Å². The summed E-state index contributed by atoms with van der Waals surface area (Å²) < 4.78 is 7.06. The topological polar surface area (TPSA) is 60.2 Å². The molecule has 6 nitrogen and oxygen atoms in total. The van der Waals surface area contributed by atoms with Gasteiger partial charge in [-0.3, -0.25) is 14.3 Å². The van der Waals surface area contributed by atoms with Crippen LogP contribution in [-0.4, -0.2) is 40.8 Å². The van der Waals surface area contributed by atoms with E-state index in [-0.39, 0.29) is 5.56 Å². The van der Waals surface area contributed by atoms with Gasteiger partial charge in [0, 0.05) is 50.8 Å². The molecule has 0 bridgehead atoms. The van der Waals surface area contributed by atoms with Crippen molar-refractivity contribution < 1.29 is 4.74 Å². The van der Waals surface area contributed by atoms with Crippen molar-refractivity contribution in [2.45, 2.75) is 6.42 Å². The van der Waals surface area contributed by atoms with Crippen LogP contribution in [0.4, 0.5) is 5.95 Å². The van der Waals surface area contributed by atoms with E-state index in [0.717, 1.165) is 31.7 Å². The van der Waals surface area contributed by atoms with Gasteiger partial charge < -0.3 is 9.64 Å². The molecule has 0 saturated carbocycles.